The van der Waals surface area contributed by atoms with Gasteiger partial charge in [-0.1, -0.05) is 13.3 Å². The SMILES string of the molecule is CCCOCCCSCCNC(=O)C(CCCCNC(=O)c1cc2ccc(N(CC)CC)cc2oc1=O)CC(=O)c1cc(OCC(CSCCNC(=O)OC(C)(C)C)SCCNC(=O)OC(C)(C)C)cc(OCC(CSCCNC(=O)OC(C)(C)C)SCCNC(=O)OC(C)(C)C)c1. The Morgan fingerprint density at radius 3 is 1.48 bits per heavy atom. The first-order valence-corrected chi connectivity index (χ1v) is 39.6. The third kappa shape index (κ3) is 40.0. The van der Waals surface area contributed by atoms with Gasteiger partial charge in [0.25, 0.3) is 5.91 Å². The molecule has 3 atom stereocenters. The highest BCUT2D eigenvalue weighted by molar-refractivity contribution is 8.03. The number of carbonyl (C=O) groups excluding carboxylic acids is 7. The number of rotatable bonds is 46. The largest absolute Gasteiger partial charge is 0.492 e. The van der Waals surface area contributed by atoms with Gasteiger partial charge in [-0.05, 0) is 159 Å². The van der Waals surface area contributed by atoms with Crippen LogP contribution in [0.4, 0.5) is 24.9 Å². The summed E-state index contributed by atoms with van der Waals surface area (Å²) in [6.07, 6.45) is 0.786. The first-order valence-electron chi connectivity index (χ1n) is 34.0. The molecule has 6 amide bonds. The van der Waals surface area contributed by atoms with Gasteiger partial charge in [0, 0.05) is 157 Å². The molecule has 0 aliphatic carbocycles. The van der Waals surface area contributed by atoms with Crippen molar-refractivity contribution in [2.75, 3.05) is 130 Å². The van der Waals surface area contributed by atoms with Crippen LogP contribution in [0.15, 0.2) is 51.7 Å². The third-order valence-corrected chi connectivity index (χ3v) is 19.6. The number of ether oxygens (including phenoxy) is 7. The maximum atomic E-state index is 14.9. The molecule has 6 N–H and O–H groups in total. The molecule has 1 aromatic heterocycles. The number of anilines is 1. The van der Waals surface area contributed by atoms with E-state index in [9.17, 15) is 38.4 Å². The smallest absolute Gasteiger partial charge is 0.407 e. The number of alkyl carbamates (subject to hydrolysis) is 4. The number of nitrogens with zero attached hydrogens (tertiary/aromatic N) is 1. The fraction of sp³-hybridized carbons (Fsp3) is 0.686. The summed E-state index contributed by atoms with van der Waals surface area (Å²) in [6, 6.07) is 12.1. The van der Waals surface area contributed by atoms with Gasteiger partial charge in [-0.2, -0.15) is 58.8 Å². The van der Waals surface area contributed by atoms with Gasteiger partial charge in [-0.3, -0.25) is 14.4 Å². The Labute approximate surface area is 603 Å². The number of benzene rings is 2. The zero-order valence-electron chi connectivity index (χ0n) is 60.7. The summed E-state index contributed by atoms with van der Waals surface area (Å²) in [4.78, 5) is 108. The van der Waals surface area contributed by atoms with Crippen molar-refractivity contribution in [2.24, 2.45) is 5.92 Å². The highest BCUT2D eigenvalue weighted by Crippen LogP contribution is 2.30. The number of Topliss-reactive ketones (excluding diaryl/α,β-unsaturated/α-hetero) is 1. The highest BCUT2D eigenvalue weighted by atomic mass is 32.2. The van der Waals surface area contributed by atoms with E-state index in [1.54, 1.807) is 166 Å². The van der Waals surface area contributed by atoms with Crippen molar-refractivity contribution in [1.29, 1.82) is 0 Å². The van der Waals surface area contributed by atoms with Crippen molar-refractivity contribution in [3.63, 3.8) is 0 Å². The molecule has 0 aliphatic heterocycles. The van der Waals surface area contributed by atoms with Gasteiger partial charge in [0.15, 0.2) is 5.78 Å². The normalized spacial score (nSPS) is 12.7. The second-order valence-electron chi connectivity index (χ2n) is 27.0. The first kappa shape index (κ1) is 86.7. The van der Waals surface area contributed by atoms with Crippen molar-refractivity contribution >= 4 is 117 Å². The van der Waals surface area contributed by atoms with Crippen LogP contribution in [-0.2, 0) is 28.5 Å². The molecule has 0 aliphatic rings. The van der Waals surface area contributed by atoms with E-state index in [0.717, 1.165) is 37.4 Å². The Morgan fingerprint density at radius 2 is 1.00 bits per heavy atom. The topological polar surface area (TPSA) is 290 Å². The molecule has 1 heterocycles. The van der Waals surface area contributed by atoms with Crippen LogP contribution in [0.25, 0.3) is 11.0 Å². The quantitative estimate of drug-likeness (QED) is 0.0133. The number of carbonyl (C=O) groups is 7. The van der Waals surface area contributed by atoms with E-state index >= 15 is 0 Å². The molecule has 554 valence electrons. The van der Waals surface area contributed by atoms with Crippen LogP contribution in [0.5, 0.6) is 11.5 Å². The molecule has 3 rings (SSSR count). The van der Waals surface area contributed by atoms with Crippen LogP contribution in [0, 0.1) is 5.92 Å². The van der Waals surface area contributed by atoms with Crippen LogP contribution in [0.3, 0.4) is 0 Å². The average Bonchev–Trinajstić information content (AvgIpc) is 0.801. The van der Waals surface area contributed by atoms with Crippen LogP contribution in [-0.4, -0.2) is 200 Å². The number of thioether (sulfide) groups is 5. The molecule has 98 heavy (non-hydrogen) atoms. The highest BCUT2D eigenvalue weighted by Gasteiger charge is 2.26. The number of ketones is 1. The summed E-state index contributed by atoms with van der Waals surface area (Å²) >= 11 is 8.08. The van der Waals surface area contributed by atoms with Crippen LogP contribution in [0.1, 0.15) is 163 Å². The van der Waals surface area contributed by atoms with Crippen molar-refractivity contribution in [3.05, 3.63) is 64.0 Å². The average molecular weight is 1470 g/mol. The number of nitrogens with one attached hydrogen (secondary N) is 6. The lowest BCUT2D eigenvalue weighted by Gasteiger charge is -2.22. The Hall–Kier alpha value is -5.55. The fourth-order valence-corrected chi connectivity index (χ4v) is 14.1. The minimum absolute atomic E-state index is 0.118. The summed E-state index contributed by atoms with van der Waals surface area (Å²) in [7, 11) is 0. The molecule has 3 unspecified atom stereocenters. The van der Waals surface area contributed by atoms with Gasteiger partial charge in [-0.25, -0.2) is 24.0 Å². The Morgan fingerprint density at radius 1 is 0.520 bits per heavy atom. The van der Waals surface area contributed by atoms with Crippen molar-refractivity contribution in [3.8, 4) is 11.5 Å². The van der Waals surface area contributed by atoms with Crippen LogP contribution in [0.2, 0.25) is 0 Å². The second-order valence-corrected chi connectivity index (χ2v) is 33.3. The predicted octanol–water partition coefficient (Wildman–Crippen LogP) is 12.6. The van der Waals surface area contributed by atoms with Gasteiger partial charge >= 0.3 is 30.0 Å². The van der Waals surface area contributed by atoms with E-state index < -0.39 is 64.2 Å². The summed E-state index contributed by atoms with van der Waals surface area (Å²) in [5, 5.41) is 17.5. The number of hydrogen-bond acceptors (Lipinski definition) is 22. The summed E-state index contributed by atoms with van der Waals surface area (Å²) in [5.74, 6) is 3.60. The molecule has 0 spiro atoms. The number of hydrogen-bond donors (Lipinski definition) is 6. The van der Waals surface area contributed by atoms with E-state index in [4.69, 9.17) is 37.6 Å². The van der Waals surface area contributed by atoms with E-state index in [-0.39, 0.29) is 59.5 Å². The Balaban J connectivity index is 1.97. The molecule has 3 aromatic rings. The molecule has 2 aromatic carbocycles. The van der Waals surface area contributed by atoms with E-state index in [2.05, 4.69) is 43.7 Å². The molecule has 0 fully saturated rings. The lowest BCUT2D eigenvalue weighted by atomic mass is 9.92. The summed E-state index contributed by atoms with van der Waals surface area (Å²) < 4.78 is 46.2. The van der Waals surface area contributed by atoms with Crippen molar-refractivity contribution < 1.29 is 71.1 Å². The molecule has 0 saturated carbocycles. The minimum atomic E-state index is -0.762. The van der Waals surface area contributed by atoms with Crippen LogP contribution >= 0.6 is 58.8 Å². The lowest BCUT2D eigenvalue weighted by molar-refractivity contribution is -0.125. The fourth-order valence-electron chi connectivity index (χ4n) is 8.99. The van der Waals surface area contributed by atoms with Crippen LogP contribution < -0.4 is 51.9 Å². The maximum Gasteiger partial charge on any atom is 0.407 e. The zero-order chi connectivity index (χ0) is 72.7. The van der Waals surface area contributed by atoms with E-state index in [1.165, 1.54) is 6.07 Å². The van der Waals surface area contributed by atoms with Crippen molar-refractivity contribution in [1.82, 2.24) is 31.9 Å². The van der Waals surface area contributed by atoms with Gasteiger partial charge in [0.05, 0.1) is 0 Å². The number of unbranched alkanes of at least 4 members (excludes halogenated alkanes) is 1. The molecule has 0 bridgehead atoms. The standard InChI is InChI=1S/C70H113N7O16S5/c1-16-31-86-32-21-33-94-34-26-72-60(79)50(22-19-20-25-71-61(80)57-41-49-23-24-52(77(17-2)18-3)43-59(49)89-62(57)81)42-58(78)51-39-53(87-45-55(97-37-29-75-65(84)92-69(10,11)12)47-95-35-27-73-63(82)90-67(4,5)6)44-54(40-51)88-46-56(98-38-30-76-66(85)93-70(13,14)15)48-96-36-28-74-64(83)91-68(7,8)9/h23-24,39-41,43-44,50,55-56H,16-22,25-38,42,45-48H2,1-15H3,(H,71,80)(H,72,79)(H,73,82)(H,74,83)(H,75,84)(H,76,85). The van der Waals surface area contributed by atoms with Gasteiger partial charge < -0.3 is 74.4 Å². The van der Waals surface area contributed by atoms with Gasteiger partial charge in [-0.15, -0.1) is 0 Å². The Kier molecular flexibility index (Phi) is 40.7. The Bertz CT molecular complexity index is 2870. The molecule has 0 saturated heterocycles. The molecule has 23 nitrogen and oxygen atoms in total. The van der Waals surface area contributed by atoms with Crippen molar-refractivity contribution in [2.45, 2.75) is 175 Å². The first-order chi connectivity index (χ1) is 46.3. The molecule has 28 heteroatoms. The number of amides is 6. The van der Waals surface area contributed by atoms with E-state index in [0.29, 0.717) is 128 Å². The predicted molar refractivity (Wildman–Crippen MR) is 402 cm³/mol. The summed E-state index contributed by atoms with van der Waals surface area (Å²) in [6.45, 7) is 32.9. The minimum Gasteiger partial charge on any atom is -0.492 e. The van der Waals surface area contributed by atoms with Gasteiger partial charge in [0.2, 0.25) is 5.91 Å². The molecular weight excluding hydrogens is 1360 g/mol. The van der Waals surface area contributed by atoms with Gasteiger partial charge in [0.1, 0.15) is 58.3 Å². The molecular formula is C70H113N7O16S5. The second kappa shape index (κ2) is 46.1. The monoisotopic (exact) mass is 1470 g/mol. The molecule has 0 radical (unpaired) electrons. The summed E-state index contributed by atoms with van der Waals surface area (Å²) in [5.41, 5.74) is -1.97. The number of fused-ring (bicyclic) bond motifs is 1. The zero-order valence-corrected chi connectivity index (χ0v) is 64.8. The van der Waals surface area contributed by atoms with E-state index in [1.807, 2.05) is 26.0 Å². The lowest BCUT2D eigenvalue weighted by Crippen LogP contribution is -2.34. The third-order valence-electron chi connectivity index (χ3n) is 13.4. The maximum absolute atomic E-state index is 14.9.